The average molecular weight is 538 g/mol. The van der Waals surface area contributed by atoms with Crippen LogP contribution in [0, 0.1) is 13.8 Å². The summed E-state index contributed by atoms with van der Waals surface area (Å²) in [6.45, 7) is 9.69. The number of aliphatic hydroxyl groups is 1. The van der Waals surface area contributed by atoms with E-state index < -0.39 is 34.9 Å². The predicted molar refractivity (Wildman–Crippen MR) is 148 cm³/mol. The molecule has 38 heavy (non-hydrogen) atoms. The second-order valence-corrected chi connectivity index (χ2v) is 11.5. The minimum atomic E-state index is -1.54. The first-order valence-corrected chi connectivity index (χ1v) is 13.7. The van der Waals surface area contributed by atoms with Crippen molar-refractivity contribution < 1.29 is 24.2 Å². The van der Waals surface area contributed by atoms with E-state index >= 15 is 0 Å². The molecule has 0 radical (unpaired) electrons. The summed E-state index contributed by atoms with van der Waals surface area (Å²) < 4.78 is 5.79. The predicted octanol–water partition coefficient (Wildman–Crippen LogP) is 2.81. The van der Waals surface area contributed by atoms with Crippen molar-refractivity contribution >= 4 is 29.5 Å². The molecule has 4 atom stereocenters. The van der Waals surface area contributed by atoms with Crippen LogP contribution in [0.1, 0.15) is 30.0 Å². The molecule has 4 rings (SSSR count). The van der Waals surface area contributed by atoms with Crippen LogP contribution in [0.2, 0.25) is 0 Å². The largest absolute Gasteiger partial charge is 0.483 e. The van der Waals surface area contributed by atoms with Crippen LogP contribution >= 0.6 is 11.8 Å². The zero-order valence-corrected chi connectivity index (χ0v) is 22.9. The van der Waals surface area contributed by atoms with Gasteiger partial charge >= 0.3 is 0 Å². The number of nitrogens with one attached hydrogen (secondary N) is 1. The summed E-state index contributed by atoms with van der Waals surface area (Å²) >= 11 is 1.49. The van der Waals surface area contributed by atoms with Gasteiger partial charge in [0.25, 0.3) is 11.8 Å². The standard InChI is InChI=1S/C29H35N3O5S/c1-5-14-32-27(35)23-16-29(32,4)38-18-31(23)28(36)25(34)22(15-21-12-7-6-8-13-21)30-24(33)17-37-26-19(2)10-9-11-20(26)3/h5-13,22-23,25,34H,1,14-18H2,2-4H3,(H,30,33)/t22-,23-,25-,29?/m0/s1. The summed E-state index contributed by atoms with van der Waals surface area (Å²) in [4.78, 5) is 42.4. The van der Waals surface area contributed by atoms with Crippen molar-refractivity contribution in [3.05, 3.63) is 77.9 Å². The number of carbonyl (C=O) groups excluding carboxylic acids is 3. The average Bonchev–Trinajstić information content (AvgIpc) is 3.08. The van der Waals surface area contributed by atoms with E-state index in [0.717, 1.165) is 16.7 Å². The molecule has 1 unspecified atom stereocenters. The van der Waals surface area contributed by atoms with Crippen molar-refractivity contribution in [3.63, 3.8) is 0 Å². The SMILES string of the molecule is C=CCN1C(=O)[C@@H]2CC1(C)SCN2C(=O)[C@@H](O)[C@H](Cc1ccccc1)NC(=O)COc1c(C)cccc1C. The van der Waals surface area contributed by atoms with Crippen LogP contribution in [0.4, 0.5) is 0 Å². The lowest BCUT2D eigenvalue weighted by molar-refractivity contribution is -0.148. The molecule has 2 aromatic rings. The Hall–Kier alpha value is -3.30. The van der Waals surface area contributed by atoms with Crippen LogP contribution in [0.3, 0.4) is 0 Å². The van der Waals surface area contributed by atoms with Crippen LogP contribution in [-0.4, -0.2) is 74.7 Å². The Morgan fingerprint density at radius 3 is 2.55 bits per heavy atom. The summed E-state index contributed by atoms with van der Waals surface area (Å²) in [5.74, 6) is -0.261. The molecule has 2 aromatic carbocycles. The lowest BCUT2D eigenvalue weighted by Crippen LogP contribution is -2.56. The molecule has 9 heteroatoms. The lowest BCUT2D eigenvalue weighted by atomic mass is 9.99. The lowest BCUT2D eigenvalue weighted by Gasteiger charge is -2.39. The Labute approximate surface area is 228 Å². The number of nitrogens with zero attached hydrogens (tertiary/aromatic N) is 2. The van der Waals surface area contributed by atoms with Gasteiger partial charge in [-0.15, -0.1) is 18.3 Å². The van der Waals surface area contributed by atoms with Crippen LogP contribution < -0.4 is 10.1 Å². The van der Waals surface area contributed by atoms with E-state index in [1.807, 2.05) is 69.3 Å². The normalized spacial score (nSPS) is 22.1. The highest BCUT2D eigenvalue weighted by atomic mass is 32.2. The quantitative estimate of drug-likeness (QED) is 0.453. The summed E-state index contributed by atoms with van der Waals surface area (Å²) in [7, 11) is 0. The fourth-order valence-corrected chi connectivity index (χ4v) is 6.46. The Kier molecular flexibility index (Phi) is 8.47. The zero-order valence-electron chi connectivity index (χ0n) is 22.1. The number of ether oxygens (including phenoxy) is 1. The first-order valence-electron chi connectivity index (χ1n) is 12.7. The van der Waals surface area contributed by atoms with Gasteiger partial charge in [-0.25, -0.2) is 0 Å². The van der Waals surface area contributed by atoms with Crippen molar-refractivity contribution in [1.29, 1.82) is 0 Å². The number of aryl methyl sites for hydroxylation is 2. The molecule has 0 aliphatic carbocycles. The molecule has 2 saturated heterocycles. The van der Waals surface area contributed by atoms with Crippen LogP contribution in [0.15, 0.2) is 61.2 Å². The number of carbonyl (C=O) groups is 3. The molecule has 0 spiro atoms. The first-order chi connectivity index (χ1) is 18.1. The number of fused-ring (bicyclic) bond motifs is 2. The van der Waals surface area contributed by atoms with Crippen molar-refractivity contribution in [2.75, 3.05) is 19.0 Å². The fraction of sp³-hybridized carbons (Fsp3) is 0.414. The number of hydrogen-bond donors (Lipinski definition) is 2. The second kappa shape index (κ2) is 11.6. The van der Waals surface area contributed by atoms with E-state index in [-0.39, 0.29) is 24.8 Å². The highest BCUT2D eigenvalue weighted by Crippen LogP contribution is 2.46. The number of hydrogen-bond acceptors (Lipinski definition) is 6. The Bertz CT molecular complexity index is 1190. The van der Waals surface area contributed by atoms with E-state index in [9.17, 15) is 19.5 Å². The van der Waals surface area contributed by atoms with E-state index in [0.29, 0.717) is 18.7 Å². The maximum atomic E-state index is 13.6. The van der Waals surface area contributed by atoms with Gasteiger partial charge in [0.1, 0.15) is 11.8 Å². The van der Waals surface area contributed by atoms with E-state index in [1.54, 1.807) is 11.0 Å². The minimum Gasteiger partial charge on any atom is -0.483 e. The van der Waals surface area contributed by atoms with Gasteiger partial charge in [-0.05, 0) is 43.9 Å². The summed E-state index contributed by atoms with van der Waals surface area (Å²) in [6, 6.07) is 13.5. The molecule has 2 heterocycles. The number of para-hydroxylation sites is 1. The number of benzene rings is 2. The topological polar surface area (TPSA) is 99.2 Å². The van der Waals surface area contributed by atoms with Gasteiger partial charge in [-0.2, -0.15) is 0 Å². The maximum absolute atomic E-state index is 13.6. The van der Waals surface area contributed by atoms with Crippen molar-refractivity contribution in [2.45, 2.75) is 56.7 Å². The Balaban J connectivity index is 1.49. The summed E-state index contributed by atoms with van der Waals surface area (Å²) in [5, 5.41) is 14.1. The molecule has 2 aliphatic heterocycles. The van der Waals surface area contributed by atoms with Gasteiger partial charge < -0.3 is 25.0 Å². The van der Waals surface area contributed by atoms with Gasteiger partial charge in [0, 0.05) is 13.0 Å². The van der Waals surface area contributed by atoms with Crippen LogP contribution in [0.25, 0.3) is 0 Å². The molecular weight excluding hydrogens is 502 g/mol. The molecule has 0 saturated carbocycles. The summed E-state index contributed by atoms with van der Waals surface area (Å²) in [6.07, 6.45) is 0.855. The van der Waals surface area contributed by atoms with Crippen LogP contribution in [-0.2, 0) is 20.8 Å². The second-order valence-electron chi connectivity index (χ2n) is 10.0. The number of thioether (sulfide) groups is 1. The Morgan fingerprint density at radius 2 is 1.89 bits per heavy atom. The highest BCUT2D eigenvalue weighted by Gasteiger charge is 2.55. The third kappa shape index (κ3) is 5.73. The molecule has 2 aliphatic rings. The zero-order chi connectivity index (χ0) is 27.4. The third-order valence-corrected chi connectivity index (χ3v) is 8.63. The van der Waals surface area contributed by atoms with Gasteiger partial charge in [-0.3, -0.25) is 14.4 Å². The third-order valence-electron chi connectivity index (χ3n) is 7.22. The van der Waals surface area contributed by atoms with Crippen LogP contribution in [0.5, 0.6) is 5.75 Å². The highest BCUT2D eigenvalue weighted by molar-refractivity contribution is 8.00. The fourth-order valence-electron chi connectivity index (χ4n) is 5.14. The minimum absolute atomic E-state index is 0.149. The van der Waals surface area contributed by atoms with Gasteiger partial charge in [0.05, 0.1) is 16.8 Å². The molecule has 2 bridgehead atoms. The molecule has 3 amide bonds. The van der Waals surface area contributed by atoms with E-state index in [1.165, 1.54) is 16.7 Å². The van der Waals surface area contributed by atoms with Crippen molar-refractivity contribution in [3.8, 4) is 5.75 Å². The first kappa shape index (κ1) is 27.7. The number of amides is 3. The van der Waals surface area contributed by atoms with E-state index in [2.05, 4.69) is 11.9 Å². The monoisotopic (exact) mass is 537 g/mol. The smallest absolute Gasteiger partial charge is 0.258 e. The molecule has 202 valence electrons. The number of aliphatic hydroxyl groups excluding tert-OH is 1. The molecule has 2 N–H and O–H groups in total. The van der Waals surface area contributed by atoms with E-state index in [4.69, 9.17) is 4.74 Å². The molecule has 2 fully saturated rings. The van der Waals surface area contributed by atoms with Crippen molar-refractivity contribution in [1.82, 2.24) is 15.1 Å². The Morgan fingerprint density at radius 1 is 1.21 bits per heavy atom. The molecule has 8 nitrogen and oxygen atoms in total. The van der Waals surface area contributed by atoms with Crippen molar-refractivity contribution in [2.24, 2.45) is 0 Å². The number of likely N-dealkylation sites (tertiary alicyclic amines) is 1. The molecular formula is C29H35N3O5S. The number of rotatable bonds is 10. The maximum Gasteiger partial charge on any atom is 0.258 e. The summed E-state index contributed by atoms with van der Waals surface area (Å²) in [5.41, 5.74) is 2.68. The molecule has 0 aromatic heterocycles. The van der Waals surface area contributed by atoms with Gasteiger partial charge in [0.15, 0.2) is 12.7 Å². The van der Waals surface area contributed by atoms with Gasteiger partial charge in [0.2, 0.25) is 5.91 Å². The van der Waals surface area contributed by atoms with Gasteiger partial charge in [-0.1, -0.05) is 54.6 Å².